The summed E-state index contributed by atoms with van der Waals surface area (Å²) in [5.74, 6) is 0. The highest BCUT2D eigenvalue weighted by Crippen LogP contribution is 2.22. The second-order valence-electron chi connectivity index (χ2n) is 4.11. The van der Waals surface area contributed by atoms with Gasteiger partial charge in [0.05, 0.1) is 12.1 Å². The second-order valence-corrected chi connectivity index (χ2v) is 4.86. The van der Waals surface area contributed by atoms with Gasteiger partial charge < -0.3 is 0 Å². The Morgan fingerprint density at radius 3 is 2.68 bits per heavy atom. The summed E-state index contributed by atoms with van der Waals surface area (Å²) in [6, 6.07) is 15.7. The zero-order chi connectivity index (χ0) is 13.2. The number of nitriles is 1. The van der Waals surface area contributed by atoms with E-state index in [2.05, 4.69) is 38.1 Å². The minimum atomic E-state index is 0.396. The van der Waals surface area contributed by atoms with Crippen LogP contribution in [0.3, 0.4) is 0 Å². The van der Waals surface area contributed by atoms with Crippen molar-refractivity contribution >= 4 is 27.0 Å². The molecule has 0 saturated carbocycles. The lowest BCUT2D eigenvalue weighted by Gasteiger charge is -2.03. The quantitative estimate of drug-likeness (QED) is 0.730. The summed E-state index contributed by atoms with van der Waals surface area (Å²) in [4.78, 5) is 4.26. The first kappa shape index (κ1) is 11.9. The molecular weight excluding hydrogens is 304 g/mol. The molecule has 0 aliphatic heterocycles. The van der Waals surface area contributed by atoms with E-state index in [9.17, 15) is 0 Å². The average molecular weight is 313 g/mol. The van der Waals surface area contributed by atoms with Gasteiger partial charge in [0.15, 0.2) is 4.60 Å². The summed E-state index contributed by atoms with van der Waals surface area (Å²) in [5, 5.41) is 13.3. The average Bonchev–Trinajstić information content (AvgIpc) is 2.76. The molecule has 2 heterocycles. The topological polar surface area (TPSA) is 54.5 Å². The van der Waals surface area contributed by atoms with Crippen LogP contribution in [0.5, 0.6) is 0 Å². The summed E-state index contributed by atoms with van der Waals surface area (Å²) in [7, 11) is 0. The van der Waals surface area contributed by atoms with Crippen LogP contribution in [0, 0.1) is 11.3 Å². The van der Waals surface area contributed by atoms with E-state index in [0.29, 0.717) is 16.8 Å². The zero-order valence-electron chi connectivity index (χ0n) is 9.92. The molecule has 0 saturated heterocycles. The van der Waals surface area contributed by atoms with Gasteiger partial charge in [-0.2, -0.15) is 10.4 Å². The van der Waals surface area contributed by atoms with Crippen LogP contribution in [0.2, 0.25) is 0 Å². The summed E-state index contributed by atoms with van der Waals surface area (Å²) >= 11 is 3.39. The van der Waals surface area contributed by atoms with E-state index in [1.165, 1.54) is 5.56 Å². The van der Waals surface area contributed by atoms with Crippen molar-refractivity contribution in [2.45, 2.75) is 6.54 Å². The Morgan fingerprint density at radius 1 is 1.16 bits per heavy atom. The molecule has 3 aromatic rings. The molecule has 0 aliphatic rings. The van der Waals surface area contributed by atoms with Gasteiger partial charge in [-0.3, -0.25) is 4.68 Å². The number of nitrogens with zero attached hydrogens (tertiary/aromatic N) is 4. The maximum absolute atomic E-state index is 8.87. The van der Waals surface area contributed by atoms with Gasteiger partial charge >= 0.3 is 0 Å². The largest absolute Gasteiger partial charge is 0.258 e. The van der Waals surface area contributed by atoms with Gasteiger partial charge in [-0.25, -0.2) is 4.98 Å². The molecule has 0 aliphatic carbocycles. The first-order valence-corrected chi connectivity index (χ1v) is 6.54. The lowest BCUT2D eigenvalue weighted by atomic mass is 10.2. The van der Waals surface area contributed by atoms with E-state index in [4.69, 9.17) is 5.26 Å². The van der Waals surface area contributed by atoms with Crippen LogP contribution in [0.4, 0.5) is 0 Å². The number of aromatic nitrogens is 3. The first-order valence-electron chi connectivity index (χ1n) is 5.75. The Bertz CT molecular complexity index is 771. The summed E-state index contributed by atoms with van der Waals surface area (Å²) < 4.78 is 2.54. The lowest BCUT2D eigenvalue weighted by molar-refractivity contribution is 0.706. The van der Waals surface area contributed by atoms with E-state index in [-0.39, 0.29) is 0 Å². The minimum absolute atomic E-state index is 0.396. The van der Waals surface area contributed by atoms with Crippen molar-refractivity contribution in [3.8, 4) is 6.07 Å². The molecular formula is C14H9BrN4. The number of hydrogen-bond donors (Lipinski definition) is 0. The van der Waals surface area contributed by atoms with Gasteiger partial charge in [0.1, 0.15) is 17.3 Å². The van der Waals surface area contributed by atoms with Crippen molar-refractivity contribution in [2.24, 2.45) is 0 Å². The van der Waals surface area contributed by atoms with Gasteiger partial charge in [0.2, 0.25) is 0 Å². The Morgan fingerprint density at radius 2 is 1.95 bits per heavy atom. The number of benzene rings is 1. The second kappa shape index (κ2) is 4.82. The predicted octanol–water partition coefficient (Wildman–Crippen LogP) is 3.11. The Hall–Kier alpha value is -2.19. The minimum Gasteiger partial charge on any atom is -0.258 e. The van der Waals surface area contributed by atoms with Gasteiger partial charge in [0.25, 0.3) is 0 Å². The summed E-state index contributed by atoms with van der Waals surface area (Å²) in [5.41, 5.74) is 3.20. The van der Waals surface area contributed by atoms with Crippen molar-refractivity contribution in [3.05, 3.63) is 58.3 Å². The van der Waals surface area contributed by atoms with E-state index >= 15 is 0 Å². The van der Waals surface area contributed by atoms with Crippen LogP contribution in [0.15, 0.2) is 47.1 Å². The molecule has 2 aromatic heterocycles. The third-order valence-electron chi connectivity index (χ3n) is 2.85. The van der Waals surface area contributed by atoms with Gasteiger partial charge in [-0.05, 0) is 33.6 Å². The highest BCUT2D eigenvalue weighted by Gasteiger charge is 2.10. The number of hydrogen-bond acceptors (Lipinski definition) is 3. The molecule has 0 fully saturated rings. The van der Waals surface area contributed by atoms with E-state index in [1.54, 1.807) is 6.07 Å². The number of rotatable bonds is 2. The van der Waals surface area contributed by atoms with Crippen LogP contribution < -0.4 is 0 Å². The molecule has 19 heavy (non-hydrogen) atoms. The fourth-order valence-corrected chi connectivity index (χ4v) is 2.44. The fraction of sp³-hybridized carbons (Fsp3) is 0.0714. The molecule has 5 heteroatoms. The monoisotopic (exact) mass is 312 g/mol. The molecule has 0 bridgehead atoms. The van der Waals surface area contributed by atoms with Gasteiger partial charge in [-0.15, -0.1) is 0 Å². The molecule has 3 rings (SSSR count). The van der Waals surface area contributed by atoms with Crippen LogP contribution in [-0.4, -0.2) is 14.8 Å². The predicted molar refractivity (Wildman–Crippen MR) is 75.5 cm³/mol. The Balaban J connectivity index is 2.08. The van der Waals surface area contributed by atoms with Gasteiger partial charge in [-0.1, -0.05) is 30.3 Å². The first-order chi connectivity index (χ1) is 9.28. The van der Waals surface area contributed by atoms with Crippen LogP contribution in [0.1, 0.15) is 11.3 Å². The third kappa shape index (κ3) is 2.23. The Labute approximate surface area is 118 Å². The third-order valence-corrected chi connectivity index (χ3v) is 3.38. The summed E-state index contributed by atoms with van der Waals surface area (Å²) in [6.07, 6.45) is 0. The molecule has 0 atom stereocenters. The van der Waals surface area contributed by atoms with E-state index < -0.39 is 0 Å². The van der Waals surface area contributed by atoms with Gasteiger partial charge in [0, 0.05) is 0 Å². The van der Waals surface area contributed by atoms with Crippen LogP contribution >= 0.6 is 15.9 Å². The van der Waals surface area contributed by atoms with Crippen molar-refractivity contribution < 1.29 is 0 Å². The maximum Gasteiger partial charge on any atom is 0.154 e. The molecule has 0 amide bonds. The molecule has 0 unspecified atom stereocenters. The highest BCUT2D eigenvalue weighted by molar-refractivity contribution is 9.10. The van der Waals surface area contributed by atoms with Crippen molar-refractivity contribution in [1.82, 2.24) is 14.8 Å². The molecule has 4 nitrogen and oxygen atoms in total. The molecule has 92 valence electrons. The Kier molecular flexibility index (Phi) is 3.02. The van der Waals surface area contributed by atoms with E-state index in [0.717, 1.165) is 11.0 Å². The summed E-state index contributed by atoms with van der Waals surface area (Å²) in [6.45, 7) is 0.677. The molecule has 0 N–H and O–H groups in total. The van der Waals surface area contributed by atoms with Crippen molar-refractivity contribution in [2.75, 3.05) is 0 Å². The highest BCUT2D eigenvalue weighted by atomic mass is 79.9. The normalized spacial score (nSPS) is 10.5. The van der Waals surface area contributed by atoms with E-state index in [1.807, 2.05) is 35.0 Å². The molecule has 0 spiro atoms. The molecule has 0 radical (unpaired) electrons. The standard InChI is InChI=1S/C14H9BrN4/c15-14-13-12(7-6-11(8-16)17-13)19(18-14)9-10-4-2-1-3-5-10/h1-7H,9H2. The van der Waals surface area contributed by atoms with Crippen molar-refractivity contribution in [3.63, 3.8) is 0 Å². The number of pyridine rings is 1. The fourth-order valence-electron chi connectivity index (χ4n) is 1.96. The SMILES string of the molecule is N#Cc1ccc2c(n1)c(Br)nn2Cc1ccccc1. The lowest BCUT2D eigenvalue weighted by Crippen LogP contribution is -2.01. The maximum atomic E-state index is 8.87. The molecule has 1 aromatic carbocycles. The van der Waals surface area contributed by atoms with Crippen LogP contribution in [0.25, 0.3) is 11.0 Å². The number of fused-ring (bicyclic) bond motifs is 1. The van der Waals surface area contributed by atoms with Crippen molar-refractivity contribution in [1.29, 1.82) is 5.26 Å². The number of halogens is 1. The smallest absolute Gasteiger partial charge is 0.154 e. The zero-order valence-corrected chi connectivity index (χ0v) is 11.5. The van der Waals surface area contributed by atoms with Crippen LogP contribution in [-0.2, 0) is 6.54 Å².